The zero-order valence-electron chi connectivity index (χ0n) is 13.3. The van der Waals surface area contributed by atoms with Crippen molar-refractivity contribution in [3.63, 3.8) is 0 Å². The number of hydrogen-bond donors (Lipinski definition) is 0. The third-order valence-corrected chi connectivity index (χ3v) is 3.89. The van der Waals surface area contributed by atoms with Gasteiger partial charge >= 0.3 is 5.97 Å². The predicted molar refractivity (Wildman–Crippen MR) is 90.3 cm³/mol. The first-order valence-electron chi connectivity index (χ1n) is 7.45. The molecule has 0 aliphatic carbocycles. The van der Waals surface area contributed by atoms with E-state index in [1.165, 1.54) is 0 Å². The fourth-order valence-corrected chi connectivity index (χ4v) is 2.61. The summed E-state index contributed by atoms with van der Waals surface area (Å²) in [5.41, 5.74) is 2.67. The van der Waals surface area contributed by atoms with Crippen molar-refractivity contribution >= 4 is 28.6 Å². The lowest BCUT2D eigenvalue weighted by atomic mass is 10.2. The Hall–Kier alpha value is -2.60. The quantitative estimate of drug-likeness (QED) is 0.662. The van der Waals surface area contributed by atoms with Gasteiger partial charge in [-0.3, -0.25) is 0 Å². The summed E-state index contributed by atoms with van der Waals surface area (Å²) in [4.78, 5) is 12.3. The average Bonchev–Trinajstić information content (AvgIpc) is 3.02. The Balaban J connectivity index is 1.77. The number of nitrogens with zero attached hydrogens (tertiary/aromatic N) is 3. The maximum absolute atomic E-state index is 12.3. The Morgan fingerprint density at radius 1 is 1.25 bits per heavy atom. The smallest absolute Gasteiger partial charge is 0.338 e. The molecule has 6 nitrogen and oxygen atoms in total. The van der Waals surface area contributed by atoms with E-state index in [9.17, 15) is 4.79 Å². The van der Waals surface area contributed by atoms with Crippen LogP contribution < -0.4 is 4.74 Å². The molecular weight excluding hydrogens is 330 g/mol. The molecule has 0 saturated heterocycles. The average molecular weight is 346 g/mol. The number of esters is 1. The lowest BCUT2D eigenvalue weighted by Crippen LogP contribution is -2.06. The van der Waals surface area contributed by atoms with Gasteiger partial charge in [0.05, 0.1) is 18.2 Å². The largest absolute Gasteiger partial charge is 0.496 e. The van der Waals surface area contributed by atoms with Crippen molar-refractivity contribution in [2.45, 2.75) is 20.1 Å². The number of methoxy groups -OCH3 is 1. The molecule has 0 unspecified atom stereocenters. The molecule has 3 rings (SSSR count). The fourth-order valence-electron chi connectivity index (χ4n) is 2.42. The van der Waals surface area contributed by atoms with Crippen LogP contribution in [0.2, 0.25) is 5.02 Å². The van der Waals surface area contributed by atoms with Crippen LogP contribution in [0.3, 0.4) is 0 Å². The van der Waals surface area contributed by atoms with Crippen LogP contribution in [0.4, 0.5) is 0 Å². The van der Waals surface area contributed by atoms with Crippen LogP contribution in [-0.4, -0.2) is 28.1 Å². The summed E-state index contributed by atoms with van der Waals surface area (Å²) >= 11 is 5.97. The second-order valence-corrected chi connectivity index (χ2v) is 5.58. The molecule has 0 bridgehead atoms. The second-order valence-electron chi connectivity index (χ2n) is 5.14. The van der Waals surface area contributed by atoms with Gasteiger partial charge in [0.15, 0.2) is 0 Å². The summed E-state index contributed by atoms with van der Waals surface area (Å²) in [7, 11) is 1.56. The third kappa shape index (κ3) is 3.19. The van der Waals surface area contributed by atoms with Crippen LogP contribution in [0.5, 0.6) is 5.75 Å². The monoisotopic (exact) mass is 345 g/mol. The molecular formula is C17H16ClN3O3. The molecule has 1 heterocycles. The highest BCUT2D eigenvalue weighted by Gasteiger charge is 2.13. The number of carbonyl (C=O) groups is 1. The zero-order chi connectivity index (χ0) is 17.1. The molecule has 0 atom stereocenters. The highest BCUT2D eigenvalue weighted by atomic mass is 35.5. The Morgan fingerprint density at radius 2 is 2.08 bits per heavy atom. The van der Waals surface area contributed by atoms with Crippen molar-refractivity contribution in [1.29, 1.82) is 0 Å². The summed E-state index contributed by atoms with van der Waals surface area (Å²) in [6, 6.07) is 10.4. The summed E-state index contributed by atoms with van der Waals surface area (Å²) in [5.74, 6) is 0.179. The lowest BCUT2D eigenvalue weighted by Gasteiger charge is -2.10. The molecule has 0 aliphatic heterocycles. The number of fused-ring (bicyclic) bond motifs is 1. The Morgan fingerprint density at radius 3 is 2.83 bits per heavy atom. The van der Waals surface area contributed by atoms with Gasteiger partial charge in [-0.15, -0.1) is 5.10 Å². The van der Waals surface area contributed by atoms with Gasteiger partial charge in [-0.2, -0.15) is 0 Å². The van der Waals surface area contributed by atoms with Gasteiger partial charge in [0.2, 0.25) is 0 Å². The molecule has 3 aromatic rings. The van der Waals surface area contributed by atoms with Crippen molar-refractivity contribution < 1.29 is 14.3 Å². The standard InChI is InChI=1S/C17H16ClN3O3/c1-3-21-15-6-4-11(9-14(15)19-20-21)17(22)24-10-12-8-13(18)5-7-16(12)23-2/h4-9H,3,10H2,1-2H3. The van der Waals surface area contributed by atoms with Gasteiger partial charge < -0.3 is 9.47 Å². The van der Waals surface area contributed by atoms with Crippen LogP contribution in [0, 0.1) is 0 Å². The molecule has 24 heavy (non-hydrogen) atoms. The number of halogens is 1. The van der Waals surface area contributed by atoms with Crippen LogP contribution in [0.25, 0.3) is 11.0 Å². The third-order valence-electron chi connectivity index (χ3n) is 3.65. The van der Waals surface area contributed by atoms with Crippen molar-refractivity contribution in [1.82, 2.24) is 15.0 Å². The molecule has 0 saturated carbocycles. The van der Waals surface area contributed by atoms with Gasteiger partial charge in [-0.05, 0) is 43.3 Å². The minimum atomic E-state index is -0.440. The number of rotatable bonds is 5. The van der Waals surface area contributed by atoms with Gasteiger partial charge in [0.25, 0.3) is 0 Å². The Labute approximate surface area is 143 Å². The maximum atomic E-state index is 12.3. The van der Waals surface area contributed by atoms with E-state index in [1.54, 1.807) is 42.1 Å². The molecule has 0 amide bonds. The summed E-state index contributed by atoms with van der Waals surface area (Å²) in [6.45, 7) is 2.77. The first-order chi connectivity index (χ1) is 11.6. The van der Waals surface area contributed by atoms with Crippen molar-refractivity contribution in [3.05, 3.63) is 52.5 Å². The number of carbonyl (C=O) groups excluding carboxylic acids is 1. The molecule has 0 fully saturated rings. The molecule has 7 heteroatoms. The summed E-state index contributed by atoms with van der Waals surface area (Å²) < 4.78 is 12.4. The van der Waals surface area contributed by atoms with Crippen LogP contribution in [0.1, 0.15) is 22.8 Å². The summed E-state index contributed by atoms with van der Waals surface area (Å²) in [6.07, 6.45) is 0. The van der Waals surface area contributed by atoms with Crippen LogP contribution >= 0.6 is 11.6 Å². The molecule has 0 spiro atoms. The van der Waals surface area contributed by atoms with Gasteiger partial charge in [0, 0.05) is 17.1 Å². The van der Waals surface area contributed by atoms with Crippen molar-refractivity contribution in [2.24, 2.45) is 0 Å². The number of aromatic nitrogens is 3. The molecule has 0 N–H and O–H groups in total. The number of ether oxygens (including phenoxy) is 2. The number of hydrogen-bond acceptors (Lipinski definition) is 5. The minimum absolute atomic E-state index is 0.0717. The van der Waals surface area contributed by atoms with Crippen LogP contribution in [0.15, 0.2) is 36.4 Å². The first-order valence-corrected chi connectivity index (χ1v) is 7.83. The van der Waals surface area contributed by atoms with E-state index in [4.69, 9.17) is 21.1 Å². The van der Waals surface area contributed by atoms with E-state index in [0.717, 1.165) is 12.1 Å². The zero-order valence-corrected chi connectivity index (χ0v) is 14.1. The van der Waals surface area contributed by atoms with Crippen molar-refractivity contribution in [3.8, 4) is 5.75 Å². The Bertz CT molecular complexity index is 892. The van der Waals surface area contributed by atoms with Gasteiger partial charge in [-0.25, -0.2) is 9.48 Å². The molecule has 0 aliphatic rings. The highest BCUT2D eigenvalue weighted by molar-refractivity contribution is 6.30. The van der Waals surface area contributed by atoms with E-state index >= 15 is 0 Å². The van der Waals surface area contributed by atoms with E-state index in [2.05, 4.69) is 10.3 Å². The molecule has 2 aromatic carbocycles. The summed E-state index contributed by atoms with van der Waals surface area (Å²) in [5, 5.41) is 8.64. The number of aryl methyl sites for hydroxylation is 1. The molecule has 0 radical (unpaired) electrons. The van der Waals surface area contributed by atoms with Crippen LogP contribution in [-0.2, 0) is 17.9 Å². The fraction of sp³-hybridized carbons (Fsp3) is 0.235. The Kier molecular flexibility index (Phi) is 4.66. The second kappa shape index (κ2) is 6.88. The molecule has 1 aromatic heterocycles. The van der Waals surface area contributed by atoms with E-state index in [1.807, 2.05) is 13.0 Å². The maximum Gasteiger partial charge on any atom is 0.338 e. The highest BCUT2D eigenvalue weighted by Crippen LogP contribution is 2.24. The topological polar surface area (TPSA) is 66.2 Å². The SMILES string of the molecule is CCn1nnc2cc(C(=O)OCc3cc(Cl)ccc3OC)ccc21. The minimum Gasteiger partial charge on any atom is -0.496 e. The normalized spacial score (nSPS) is 10.8. The predicted octanol–water partition coefficient (Wildman–Crippen LogP) is 3.47. The van der Waals surface area contributed by atoms with Gasteiger partial charge in [-0.1, -0.05) is 16.8 Å². The molecule has 124 valence electrons. The lowest BCUT2D eigenvalue weighted by molar-refractivity contribution is 0.0470. The van der Waals surface area contributed by atoms with E-state index < -0.39 is 5.97 Å². The first kappa shape index (κ1) is 16.3. The van der Waals surface area contributed by atoms with E-state index in [-0.39, 0.29) is 6.61 Å². The van der Waals surface area contributed by atoms with Crippen molar-refractivity contribution in [2.75, 3.05) is 7.11 Å². The van der Waals surface area contributed by atoms with E-state index in [0.29, 0.717) is 27.4 Å². The number of benzene rings is 2. The van der Waals surface area contributed by atoms with Gasteiger partial charge in [0.1, 0.15) is 17.9 Å².